The van der Waals surface area contributed by atoms with Crippen molar-refractivity contribution in [1.29, 1.82) is 0 Å². The Morgan fingerprint density at radius 2 is 1.76 bits per heavy atom. The average molecular weight is 622 g/mol. The van der Waals surface area contributed by atoms with Gasteiger partial charge in [0.25, 0.3) is 0 Å². The molecular formula is C35H47N3O7. The number of amides is 3. The molecule has 1 aromatic rings. The van der Waals surface area contributed by atoms with Gasteiger partial charge in [0.05, 0.1) is 36.6 Å². The second-order valence-electron chi connectivity index (χ2n) is 14.6. The van der Waals surface area contributed by atoms with E-state index in [1.807, 2.05) is 56.3 Å². The Morgan fingerprint density at radius 3 is 2.42 bits per heavy atom. The molecule has 7 atom stereocenters. The van der Waals surface area contributed by atoms with Crippen molar-refractivity contribution in [3.05, 3.63) is 60.2 Å². The predicted molar refractivity (Wildman–Crippen MR) is 167 cm³/mol. The van der Waals surface area contributed by atoms with E-state index in [9.17, 15) is 24.3 Å². The van der Waals surface area contributed by atoms with Gasteiger partial charge in [-0.2, -0.15) is 0 Å². The third kappa shape index (κ3) is 6.19. The van der Waals surface area contributed by atoms with Crippen LogP contribution in [-0.2, 0) is 28.7 Å². The number of fused-ring (bicyclic) bond motifs is 2. The molecule has 4 aliphatic rings. The van der Waals surface area contributed by atoms with Gasteiger partial charge < -0.3 is 29.7 Å². The lowest BCUT2D eigenvalue weighted by Crippen LogP contribution is -2.61. The summed E-state index contributed by atoms with van der Waals surface area (Å²) in [5, 5.41) is 13.3. The van der Waals surface area contributed by atoms with Gasteiger partial charge in [-0.05, 0) is 44.6 Å². The quantitative estimate of drug-likeness (QED) is 0.382. The van der Waals surface area contributed by atoms with Crippen LogP contribution < -0.4 is 5.32 Å². The third-order valence-electron chi connectivity index (χ3n) is 9.44. The Balaban J connectivity index is 1.60. The lowest BCUT2D eigenvalue weighted by atomic mass is 9.77. The van der Waals surface area contributed by atoms with Crippen molar-refractivity contribution in [2.75, 3.05) is 19.8 Å². The molecule has 4 heterocycles. The van der Waals surface area contributed by atoms with Crippen LogP contribution in [0.25, 0.3) is 0 Å². The lowest BCUT2D eigenvalue weighted by Gasteiger charge is -2.45. The number of likely N-dealkylation sites (tertiary alicyclic amines) is 1. The molecular weight excluding hydrogens is 574 g/mol. The van der Waals surface area contributed by atoms with Crippen molar-refractivity contribution in [1.82, 2.24) is 15.1 Å². The van der Waals surface area contributed by atoms with Crippen molar-refractivity contribution < 1.29 is 33.8 Å². The van der Waals surface area contributed by atoms with Gasteiger partial charge in [0.2, 0.25) is 17.7 Å². The van der Waals surface area contributed by atoms with Gasteiger partial charge in [0, 0.05) is 18.5 Å². The molecule has 0 aliphatic carbocycles. The van der Waals surface area contributed by atoms with Crippen LogP contribution in [0.5, 0.6) is 0 Å². The number of carbonyl (C=O) groups is 4. The van der Waals surface area contributed by atoms with Crippen molar-refractivity contribution in [3.63, 3.8) is 0 Å². The first-order valence-electron chi connectivity index (χ1n) is 16.0. The number of cyclic esters (lactones) is 1. The van der Waals surface area contributed by atoms with Gasteiger partial charge in [0.15, 0.2) is 0 Å². The maximum atomic E-state index is 14.7. The number of aliphatic hydroxyl groups is 1. The SMILES string of the molecule is C[C@H](CO)N1C(=O)[C@@H]2[C@H]3C(=O)N[C@H](c4ccccc4)COC(=O)CC/C=C\[C@H]3O[C@@]23C=CCN(C(C)(C)CC(C)(C)C)C(=O)[C@@H]13. The van der Waals surface area contributed by atoms with Gasteiger partial charge >= 0.3 is 5.97 Å². The van der Waals surface area contributed by atoms with Crippen LogP contribution in [0.2, 0.25) is 0 Å². The molecule has 0 saturated carbocycles. The van der Waals surface area contributed by atoms with Crippen molar-refractivity contribution in [2.45, 2.75) is 96.2 Å². The highest BCUT2D eigenvalue weighted by molar-refractivity contribution is 6.00. The van der Waals surface area contributed by atoms with Crippen molar-refractivity contribution in [2.24, 2.45) is 17.3 Å². The van der Waals surface area contributed by atoms with Crippen molar-refractivity contribution >= 4 is 23.7 Å². The van der Waals surface area contributed by atoms with E-state index < -0.39 is 59.0 Å². The van der Waals surface area contributed by atoms with E-state index in [-0.39, 0.29) is 36.9 Å². The summed E-state index contributed by atoms with van der Waals surface area (Å²) in [6.07, 6.45) is 7.60. The molecule has 10 nitrogen and oxygen atoms in total. The molecule has 2 fully saturated rings. The molecule has 0 bridgehead atoms. The highest BCUT2D eigenvalue weighted by atomic mass is 16.5. The summed E-state index contributed by atoms with van der Waals surface area (Å²) in [7, 11) is 0. The number of nitrogens with one attached hydrogen (secondary N) is 1. The Hall–Kier alpha value is -3.50. The molecule has 10 heteroatoms. The van der Waals surface area contributed by atoms with Gasteiger partial charge in [-0.3, -0.25) is 19.2 Å². The molecule has 2 N–H and O–H groups in total. The molecule has 3 amide bonds. The van der Waals surface area contributed by atoms with Crippen LogP contribution in [0, 0.1) is 17.3 Å². The number of hydrogen-bond donors (Lipinski definition) is 2. The molecule has 4 aliphatic heterocycles. The smallest absolute Gasteiger partial charge is 0.306 e. The average Bonchev–Trinajstić information content (AvgIpc) is 3.36. The van der Waals surface area contributed by atoms with Crippen LogP contribution in [-0.4, -0.2) is 87.7 Å². The minimum Gasteiger partial charge on any atom is -0.463 e. The van der Waals surface area contributed by atoms with Gasteiger partial charge in [-0.15, -0.1) is 0 Å². The molecule has 1 aromatic carbocycles. The van der Waals surface area contributed by atoms with E-state index in [1.165, 1.54) is 4.90 Å². The van der Waals surface area contributed by atoms with E-state index in [0.29, 0.717) is 19.4 Å². The first-order valence-corrected chi connectivity index (χ1v) is 16.0. The summed E-state index contributed by atoms with van der Waals surface area (Å²) in [6.45, 7) is 12.1. The van der Waals surface area contributed by atoms with Crippen LogP contribution in [0.4, 0.5) is 0 Å². The number of esters is 1. The third-order valence-corrected chi connectivity index (χ3v) is 9.44. The number of benzene rings is 1. The summed E-state index contributed by atoms with van der Waals surface area (Å²) in [6, 6.07) is 6.82. The van der Waals surface area contributed by atoms with E-state index in [4.69, 9.17) is 9.47 Å². The highest BCUT2D eigenvalue weighted by Crippen LogP contribution is 2.54. The standard InChI is InChI=1S/C35H47N3O7/c1-22(19-39)38-29-32(43)37(34(5,6)21-33(2,3)4)18-12-17-35(29)28(31(38)42)27-25(45-35)15-10-11-16-26(40)44-20-24(36-30(27)41)23-13-8-7-9-14-23/h7-10,12-15,17,22,24-25,27-29,39H,11,16,18-21H2,1-6H3,(H,36,41)/b15-10-/t22-,24+,25-,27+,28+,29-,35+/m1/s1. The van der Waals surface area contributed by atoms with Crippen LogP contribution in [0.3, 0.4) is 0 Å². The first-order chi connectivity index (χ1) is 21.2. The second kappa shape index (κ2) is 12.4. The largest absolute Gasteiger partial charge is 0.463 e. The monoisotopic (exact) mass is 621 g/mol. The minimum atomic E-state index is -1.43. The Kier molecular flexibility index (Phi) is 9.03. The normalized spacial score (nSPS) is 32.4. The summed E-state index contributed by atoms with van der Waals surface area (Å²) in [5.74, 6) is -3.47. The number of aliphatic hydroxyl groups excluding tert-OH is 1. The number of ether oxygens (including phenoxy) is 2. The fraction of sp³-hybridized carbons (Fsp3) is 0.600. The number of hydrogen-bond acceptors (Lipinski definition) is 7. The number of nitrogens with zero attached hydrogens (tertiary/aromatic N) is 2. The lowest BCUT2D eigenvalue weighted by molar-refractivity contribution is -0.154. The zero-order valence-corrected chi connectivity index (χ0v) is 27.2. The minimum absolute atomic E-state index is 0.0627. The van der Waals surface area contributed by atoms with E-state index in [1.54, 1.807) is 24.0 Å². The van der Waals surface area contributed by atoms with Gasteiger partial charge in [0.1, 0.15) is 18.2 Å². The van der Waals surface area contributed by atoms with Gasteiger partial charge in [-0.25, -0.2) is 0 Å². The Bertz CT molecular complexity index is 1370. The molecule has 0 aromatic heterocycles. The number of carbonyl (C=O) groups excluding carboxylic acids is 4. The second-order valence-corrected chi connectivity index (χ2v) is 14.6. The van der Waals surface area contributed by atoms with Gasteiger partial charge in [-0.1, -0.05) is 75.4 Å². The summed E-state index contributed by atoms with van der Waals surface area (Å²) < 4.78 is 12.3. The molecule has 45 heavy (non-hydrogen) atoms. The summed E-state index contributed by atoms with van der Waals surface area (Å²) in [4.78, 5) is 59.3. The first kappa shape index (κ1) is 32.9. The molecule has 0 unspecified atom stereocenters. The predicted octanol–water partition coefficient (Wildman–Crippen LogP) is 3.31. The zero-order valence-electron chi connectivity index (χ0n) is 27.2. The maximum Gasteiger partial charge on any atom is 0.306 e. The Morgan fingerprint density at radius 1 is 1.04 bits per heavy atom. The fourth-order valence-electron chi connectivity index (χ4n) is 7.88. The van der Waals surface area contributed by atoms with E-state index in [0.717, 1.165) is 5.56 Å². The topological polar surface area (TPSA) is 125 Å². The molecule has 244 valence electrons. The zero-order chi connectivity index (χ0) is 32.7. The molecule has 1 spiro atoms. The van der Waals surface area contributed by atoms with E-state index >= 15 is 0 Å². The molecule has 2 saturated heterocycles. The molecule has 0 radical (unpaired) electrons. The molecule has 5 rings (SSSR count). The number of rotatable bonds is 5. The highest BCUT2D eigenvalue weighted by Gasteiger charge is 2.72. The summed E-state index contributed by atoms with van der Waals surface area (Å²) >= 11 is 0. The fourth-order valence-corrected chi connectivity index (χ4v) is 7.88. The van der Waals surface area contributed by atoms with Crippen molar-refractivity contribution in [3.8, 4) is 0 Å². The van der Waals surface area contributed by atoms with Crippen LogP contribution in [0.1, 0.15) is 72.4 Å². The van der Waals surface area contributed by atoms with Crippen LogP contribution in [0.15, 0.2) is 54.6 Å². The van der Waals surface area contributed by atoms with E-state index in [2.05, 4.69) is 26.1 Å². The number of allylic oxidation sites excluding steroid dienone is 1. The maximum absolute atomic E-state index is 14.7. The summed E-state index contributed by atoms with van der Waals surface area (Å²) in [5.41, 5.74) is -1.31. The Labute approximate surface area is 265 Å². The van der Waals surface area contributed by atoms with Crippen LogP contribution >= 0.6 is 0 Å².